The van der Waals surface area contributed by atoms with Crippen LogP contribution in [-0.2, 0) is 18.7 Å². The third-order valence-electron chi connectivity index (χ3n) is 5.03. The SMILES string of the molecule is c1ccc(CCn2c3ccccc3c3nnc(SCc4ccccc4)nc32)cc1. The van der Waals surface area contributed by atoms with E-state index in [1.165, 1.54) is 11.1 Å². The van der Waals surface area contributed by atoms with Crippen molar-refractivity contribution in [2.75, 3.05) is 0 Å². The first kappa shape index (κ1) is 17.9. The van der Waals surface area contributed by atoms with Crippen LogP contribution >= 0.6 is 11.8 Å². The summed E-state index contributed by atoms with van der Waals surface area (Å²) in [6.45, 7) is 0.857. The number of aryl methyl sites for hydroxylation is 2. The molecule has 2 heterocycles. The molecule has 29 heavy (non-hydrogen) atoms. The molecular formula is C24H20N4S. The van der Waals surface area contributed by atoms with Crippen molar-refractivity contribution in [2.45, 2.75) is 23.9 Å². The minimum Gasteiger partial charge on any atom is -0.323 e. The topological polar surface area (TPSA) is 43.6 Å². The monoisotopic (exact) mass is 396 g/mol. The fraction of sp³-hybridized carbons (Fsp3) is 0.125. The van der Waals surface area contributed by atoms with Crippen molar-refractivity contribution in [3.05, 3.63) is 96.1 Å². The maximum atomic E-state index is 4.89. The van der Waals surface area contributed by atoms with E-state index in [1.54, 1.807) is 11.8 Å². The van der Waals surface area contributed by atoms with Gasteiger partial charge in [-0.25, -0.2) is 4.98 Å². The molecule has 0 N–H and O–H groups in total. The van der Waals surface area contributed by atoms with E-state index in [0.717, 1.165) is 40.8 Å². The lowest BCUT2D eigenvalue weighted by Crippen LogP contribution is -2.03. The summed E-state index contributed by atoms with van der Waals surface area (Å²) in [5, 5.41) is 10.8. The molecule has 0 aliphatic rings. The van der Waals surface area contributed by atoms with Gasteiger partial charge in [0.15, 0.2) is 5.65 Å². The summed E-state index contributed by atoms with van der Waals surface area (Å²) in [7, 11) is 0. The van der Waals surface area contributed by atoms with Crippen LogP contribution in [0.25, 0.3) is 22.1 Å². The minimum absolute atomic E-state index is 0.713. The molecule has 3 aromatic carbocycles. The smallest absolute Gasteiger partial charge is 0.211 e. The van der Waals surface area contributed by atoms with Gasteiger partial charge in [0.05, 0.1) is 5.52 Å². The van der Waals surface area contributed by atoms with Gasteiger partial charge in [-0.1, -0.05) is 90.6 Å². The number of aromatic nitrogens is 4. The highest BCUT2D eigenvalue weighted by atomic mass is 32.2. The molecule has 0 unspecified atom stereocenters. The minimum atomic E-state index is 0.713. The molecule has 0 saturated carbocycles. The van der Waals surface area contributed by atoms with Crippen LogP contribution in [0.15, 0.2) is 90.1 Å². The standard InChI is InChI=1S/C24H20N4S/c1-3-9-18(10-4-1)15-16-28-21-14-8-7-13-20(21)22-23(28)25-24(27-26-22)29-17-19-11-5-2-6-12-19/h1-14H,15-17H2. The number of benzene rings is 3. The molecule has 0 amide bonds. The number of thioether (sulfide) groups is 1. The van der Waals surface area contributed by atoms with E-state index < -0.39 is 0 Å². The first-order chi connectivity index (χ1) is 14.4. The first-order valence-corrected chi connectivity index (χ1v) is 10.7. The first-order valence-electron chi connectivity index (χ1n) is 9.71. The van der Waals surface area contributed by atoms with Crippen LogP contribution in [0.5, 0.6) is 0 Å². The van der Waals surface area contributed by atoms with Gasteiger partial charge in [0.2, 0.25) is 5.16 Å². The molecule has 4 nitrogen and oxygen atoms in total. The van der Waals surface area contributed by atoms with E-state index in [4.69, 9.17) is 4.98 Å². The Balaban J connectivity index is 1.50. The van der Waals surface area contributed by atoms with Crippen molar-refractivity contribution in [3.63, 3.8) is 0 Å². The molecule has 142 valence electrons. The summed E-state index contributed by atoms with van der Waals surface area (Å²) in [4.78, 5) is 4.89. The lowest BCUT2D eigenvalue weighted by molar-refractivity contribution is 0.727. The summed E-state index contributed by atoms with van der Waals surface area (Å²) in [6.07, 6.45) is 0.950. The van der Waals surface area contributed by atoms with E-state index >= 15 is 0 Å². The van der Waals surface area contributed by atoms with E-state index in [0.29, 0.717) is 5.16 Å². The fourth-order valence-electron chi connectivity index (χ4n) is 3.58. The number of rotatable bonds is 6. The third-order valence-corrected chi connectivity index (χ3v) is 5.94. The van der Waals surface area contributed by atoms with Crippen molar-refractivity contribution >= 4 is 33.8 Å². The van der Waals surface area contributed by atoms with Crippen molar-refractivity contribution in [2.24, 2.45) is 0 Å². The van der Waals surface area contributed by atoms with E-state index in [1.807, 2.05) is 12.1 Å². The highest BCUT2D eigenvalue weighted by Crippen LogP contribution is 2.28. The second-order valence-corrected chi connectivity index (χ2v) is 7.89. The summed E-state index contributed by atoms with van der Waals surface area (Å²) in [5.74, 6) is 0.832. The normalized spacial score (nSPS) is 11.3. The Morgan fingerprint density at radius 1 is 0.724 bits per heavy atom. The quantitative estimate of drug-likeness (QED) is 0.355. The number of hydrogen-bond acceptors (Lipinski definition) is 4. The van der Waals surface area contributed by atoms with Gasteiger partial charge < -0.3 is 4.57 Å². The van der Waals surface area contributed by atoms with E-state index in [2.05, 4.69) is 87.6 Å². The number of para-hydroxylation sites is 1. The molecule has 2 aromatic heterocycles. The Bertz CT molecular complexity index is 1250. The number of fused-ring (bicyclic) bond motifs is 3. The van der Waals surface area contributed by atoms with Crippen LogP contribution in [0.4, 0.5) is 0 Å². The molecule has 0 radical (unpaired) electrons. The zero-order chi connectivity index (χ0) is 19.5. The van der Waals surface area contributed by atoms with Gasteiger partial charge >= 0.3 is 0 Å². The Hall–Kier alpha value is -3.18. The average molecular weight is 397 g/mol. The zero-order valence-electron chi connectivity index (χ0n) is 15.9. The van der Waals surface area contributed by atoms with Crippen LogP contribution in [0.1, 0.15) is 11.1 Å². The second-order valence-electron chi connectivity index (χ2n) is 6.95. The molecule has 5 aromatic rings. The Labute approximate surface area is 173 Å². The molecule has 0 aliphatic carbocycles. The predicted octanol–water partition coefficient (Wildman–Crippen LogP) is 5.51. The lowest BCUT2D eigenvalue weighted by Gasteiger charge is -2.07. The van der Waals surface area contributed by atoms with Crippen LogP contribution in [0.3, 0.4) is 0 Å². The average Bonchev–Trinajstić information content (AvgIpc) is 3.11. The van der Waals surface area contributed by atoms with Crippen molar-refractivity contribution in [3.8, 4) is 0 Å². The Morgan fingerprint density at radius 2 is 1.41 bits per heavy atom. The van der Waals surface area contributed by atoms with Crippen LogP contribution in [0, 0.1) is 0 Å². The lowest BCUT2D eigenvalue weighted by atomic mass is 10.1. The Morgan fingerprint density at radius 3 is 2.21 bits per heavy atom. The molecular weight excluding hydrogens is 376 g/mol. The van der Waals surface area contributed by atoms with Gasteiger partial charge in [-0.05, 0) is 23.6 Å². The van der Waals surface area contributed by atoms with Gasteiger partial charge in [0, 0.05) is 17.7 Å². The third kappa shape index (κ3) is 3.74. The van der Waals surface area contributed by atoms with Crippen LogP contribution < -0.4 is 0 Å². The highest BCUT2D eigenvalue weighted by molar-refractivity contribution is 7.98. The maximum Gasteiger partial charge on any atom is 0.211 e. The fourth-order valence-corrected chi connectivity index (χ4v) is 4.32. The van der Waals surface area contributed by atoms with Gasteiger partial charge in [-0.3, -0.25) is 0 Å². The second kappa shape index (κ2) is 8.05. The van der Waals surface area contributed by atoms with Crippen LogP contribution in [0.2, 0.25) is 0 Å². The van der Waals surface area contributed by atoms with Gasteiger partial charge in [0.25, 0.3) is 0 Å². The molecule has 0 bridgehead atoms. The number of hydrogen-bond donors (Lipinski definition) is 0. The summed E-state index contributed by atoms with van der Waals surface area (Å²) in [6, 6.07) is 29.3. The van der Waals surface area contributed by atoms with Crippen LogP contribution in [-0.4, -0.2) is 19.7 Å². The molecule has 5 heteroatoms. The molecule has 0 spiro atoms. The van der Waals surface area contributed by atoms with Crippen molar-refractivity contribution in [1.29, 1.82) is 0 Å². The van der Waals surface area contributed by atoms with E-state index in [-0.39, 0.29) is 0 Å². The van der Waals surface area contributed by atoms with Gasteiger partial charge in [0.1, 0.15) is 5.52 Å². The molecule has 0 fully saturated rings. The molecule has 0 aliphatic heterocycles. The van der Waals surface area contributed by atoms with Crippen molar-refractivity contribution in [1.82, 2.24) is 19.7 Å². The molecule has 0 atom stereocenters. The Kier molecular flexibility index (Phi) is 4.97. The molecule has 0 saturated heterocycles. The van der Waals surface area contributed by atoms with Crippen molar-refractivity contribution < 1.29 is 0 Å². The zero-order valence-corrected chi connectivity index (χ0v) is 16.7. The summed E-state index contributed by atoms with van der Waals surface area (Å²) >= 11 is 1.62. The highest BCUT2D eigenvalue weighted by Gasteiger charge is 2.14. The number of nitrogens with zero attached hydrogens (tertiary/aromatic N) is 4. The van der Waals surface area contributed by atoms with Gasteiger partial charge in [-0.2, -0.15) is 0 Å². The largest absolute Gasteiger partial charge is 0.323 e. The summed E-state index contributed by atoms with van der Waals surface area (Å²) < 4.78 is 2.28. The molecule has 5 rings (SSSR count). The van der Waals surface area contributed by atoms with Gasteiger partial charge in [-0.15, -0.1) is 10.2 Å². The maximum absolute atomic E-state index is 4.89. The van der Waals surface area contributed by atoms with E-state index in [9.17, 15) is 0 Å². The predicted molar refractivity (Wildman–Crippen MR) is 119 cm³/mol. The summed E-state index contributed by atoms with van der Waals surface area (Å²) in [5.41, 5.74) is 5.51.